The number of anilines is 1. The Kier molecular flexibility index (Phi) is 5.21. The van der Waals surface area contributed by atoms with Crippen LogP contribution in [0.25, 0.3) is 0 Å². The number of aromatic nitrogens is 2. The molecule has 1 saturated carbocycles. The summed E-state index contributed by atoms with van der Waals surface area (Å²) in [5.74, 6) is 3.15. The second-order valence-corrected chi connectivity index (χ2v) is 5.72. The molecule has 1 heterocycles. The SMILES string of the molecule is CCNc1nc(CC)nc(OC2CCCCC2C)c1C. The molecule has 1 aliphatic carbocycles. The van der Waals surface area contributed by atoms with E-state index in [1.165, 1.54) is 19.3 Å². The average molecular weight is 277 g/mol. The first-order chi connectivity index (χ1) is 9.65. The largest absolute Gasteiger partial charge is 0.474 e. The molecular formula is C16H27N3O. The quantitative estimate of drug-likeness (QED) is 0.890. The third-order valence-corrected chi connectivity index (χ3v) is 4.10. The minimum absolute atomic E-state index is 0.302. The van der Waals surface area contributed by atoms with Crippen LogP contribution >= 0.6 is 0 Å². The molecule has 0 aromatic carbocycles. The minimum Gasteiger partial charge on any atom is -0.474 e. The van der Waals surface area contributed by atoms with Gasteiger partial charge < -0.3 is 10.1 Å². The lowest BCUT2D eigenvalue weighted by Crippen LogP contribution is -2.29. The summed E-state index contributed by atoms with van der Waals surface area (Å²) < 4.78 is 6.24. The van der Waals surface area contributed by atoms with Gasteiger partial charge in [0.1, 0.15) is 17.7 Å². The van der Waals surface area contributed by atoms with Crippen molar-refractivity contribution in [2.24, 2.45) is 5.92 Å². The lowest BCUT2D eigenvalue weighted by atomic mass is 9.88. The maximum Gasteiger partial charge on any atom is 0.222 e. The molecule has 2 atom stereocenters. The van der Waals surface area contributed by atoms with Crippen LogP contribution in [0.4, 0.5) is 5.82 Å². The fourth-order valence-electron chi connectivity index (χ4n) is 2.75. The molecule has 4 nitrogen and oxygen atoms in total. The Bertz CT molecular complexity index is 448. The molecule has 1 aliphatic rings. The third kappa shape index (κ3) is 3.41. The van der Waals surface area contributed by atoms with Crippen LogP contribution in [0.2, 0.25) is 0 Å². The molecule has 0 saturated heterocycles. The van der Waals surface area contributed by atoms with Gasteiger partial charge in [-0.25, -0.2) is 4.98 Å². The van der Waals surface area contributed by atoms with Gasteiger partial charge in [0.25, 0.3) is 0 Å². The van der Waals surface area contributed by atoms with Crippen LogP contribution in [0.5, 0.6) is 5.88 Å². The molecule has 2 rings (SSSR count). The van der Waals surface area contributed by atoms with E-state index >= 15 is 0 Å². The van der Waals surface area contributed by atoms with Gasteiger partial charge in [-0.3, -0.25) is 0 Å². The maximum absolute atomic E-state index is 6.24. The van der Waals surface area contributed by atoms with Crippen LogP contribution in [0, 0.1) is 12.8 Å². The van der Waals surface area contributed by atoms with Crippen molar-refractivity contribution in [3.8, 4) is 5.88 Å². The fourth-order valence-corrected chi connectivity index (χ4v) is 2.75. The number of hydrogen-bond donors (Lipinski definition) is 1. The summed E-state index contributed by atoms with van der Waals surface area (Å²) in [5, 5.41) is 3.31. The Morgan fingerprint density at radius 3 is 2.60 bits per heavy atom. The van der Waals surface area contributed by atoms with Crippen molar-refractivity contribution in [2.75, 3.05) is 11.9 Å². The van der Waals surface area contributed by atoms with E-state index in [1.54, 1.807) is 0 Å². The summed E-state index contributed by atoms with van der Waals surface area (Å²) >= 11 is 0. The van der Waals surface area contributed by atoms with Crippen molar-refractivity contribution in [2.45, 2.75) is 65.9 Å². The van der Waals surface area contributed by atoms with Crippen molar-refractivity contribution in [1.82, 2.24) is 9.97 Å². The summed E-state index contributed by atoms with van der Waals surface area (Å²) in [4.78, 5) is 9.14. The molecule has 4 heteroatoms. The Balaban J connectivity index is 2.22. The van der Waals surface area contributed by atoms with Crippen molar-refractivity contribution in [1.29, 1.82) is 0 Å². The van der Waals surface area contributed by atoms with Gasteiger partial charge in [-0.2, -0.15) is 4.98 Å². The second kappa shape index (κ2) is 6.91. The molecule has 1 aromatic rings. The monoisotopic (exact) mass is 277 g/mol. The predicted octanol–water partition coefficient (Wildman–Crippen LogP) is 3.74. The summed E-state index contributed by atoms with van der Waals surface area (Å²) in [6.07, 6.45) is 6.12. The van der Waals surface area contributed by atoms with Gasteiger partial charge in [-0.05, 0) is 39.0 Å². The van der Waals surface area contributed by atoms with Gasteiger partial charge in [-0.15, -0.1) is 0 Å². The Morgan fingerprint density at radius 2 is 1.95 bits per heavy atom. The molecular weight excluding hydrogens is 250 g/mol. The number of rotatable bonds is 5. The topological polar surface area (TPSA) is 47.0 Å². The molecule has 1 aromatic heterocycles. The van der Waals surface area contributed by atoms with E-state index in [1.807, 2.05) is 6.92 Å². The molecule has 0 amide bonds. The van der Waals surface area contributed by atoms with Crippen molar-refractivity contribution in [3.05, 3.63) is 11.4 Å². The maximum atomic E-state index is 6.24. The van der Waals surface area contributed by atoms with Crippen LogP contribution in [0.1, 0.15) is 57.8 Å². The normalized spacial score (nSPS) is 22.6. The first-order valence-electron chi connectivity index (χ1n) is 7.93. The number of nitrogens with zero attached hydrogens (tertiary/aromatic N) is 2. The summed E-state index contributed by atoms with van der Waals surface area (Å²) in [6, 6.07) is 0. The first kappa shape index (κ1) is 15.1. The molecule has 20 heavy (non-hydrogen) atoms. The number of hydrogen-bond acceptors (Lipinski definition) is 4. The smallest absolute Gasteiger partial charge is 0.222 e. The zero-order chi connectivity index (χ0) is 14.5. The predicted molar refractivity (Wildman–Crippen MR) is 82.4 cm³/mol. The lowest BCUT2D eigenvalue weighted by molar-refractivity contribution is 0.0964. The molecule has 0 bridgehead atoms. The highest BCUT2D eigenvalue weighted by molar-refractivity contribution is 5.48. The van der Waals surface area contributed by atoms with Crippen LogP contribution in [-0.2, 0) is 6.42 Å². The molecule has 1 N–H and O–H groups in total. The Labute approximate surface area is 122 Å². The van der Waals surface area contributed by atoms with Crippen molar-refractivity contribution >= 4 is 5.82 Å². The highest BCUT2D eigenvalue weighted by Crippen LogP contribution is 2.30. The molecule has 2 unspecified atom stereocenters. The van der Waals surface area contributed by atoms with Gasteiger partial charge in [0.2, 0.25) is 5.88 Å². The van der Waals surface area contributed by atoms with Crippen LogP contribution in [0.3, 0.4) is 0 Å². The standard InChI is InChI=1S/C16H27N3O/c1-5-14-18-15(17-6-2)12(4)16(19-14)20-13-10-8-7-9-11(13)3/h11,13H,5-10H2,1-4H3,(H,17,18,19). The second-order valence-electron chi connectivity index (χ2n) is 5.72. The average Bonchev–Trinajstić information content (AvgIpc) is 2.45. The van der Waals surface area contributed by atoms with Gasteiger partial charge in [0.15, 0.2) is 0 Å². The van der Waals surface area contributed by atoms with Crippen molar-refractivity contribution in [3.63, 3.8) is 0 Å². The van der Waals surface area contributed by atoms with E-state index in [2.05, 4.69) is 36.1 Å². The lowest BCUT2D eigenvalue weighted by Gasteiger charge is -2.29. The van der Waals surface area contributed by atoms with Crippen molar-refractivity contribution < 1.29 is 4.74 Å². The van der Waals surface area contributed by atoms with E-state index < -0.39 is 0 Å². The number of nitrogens with one attached hydrogen (secondary N) is 1. The zero-order valence-corrected chi connectivity index (χ0v) is 13.2. The Morgan fingerprint density at radius 1 is 1.20 bits per heavy atom. The minimum atomic E-state index is 0.302. The van der Waals surface area contributed by atoms with Gasteiger partial charge in [0, 0.05) is 13.0 Å². The first-order valence-corrected chi connectivity index (χ1v) is 7.93. The highest BCUT2D eigenvalue weighted by atomic mass is 16.5. The van der Waals surface area contributed by atoms with E-state index in [-0.39, 0.29) is 0 Å². The van der Waals surface area contributed by atoms with Crippen LogP contribution in [-0.4, -0.2) is 22.6 Å². The number of ether oxygens (including phenoxy) is 1. The van der Waals surface area contributed by atoms with E-state index in [4.69, 9.17) is 4.74 Å². The molecule has 0 spiro atoms. The summed E-state index contributed by atoms with van der Waals surface area (Å²) in [7, 11) is 0. The molecule has 1 fully saturated rings. The zero-order valence-electron chi connectivity index (χ0n) is 13.2. The van der Waals surface area contributed by atoms with Gasteiger partial charge in [-0.1, -0.05) is 20.3 Å². The Hall–Kier alpha value is -1.32. The summed E-state index contributed by atoms with van der Waals surface area (Å²) in [5.41, 5.74) is 1.03. The number of aryl methyl sites for hydroxylation is 1. The molecule has 112 valence electrons. The van der Waals surface area contributed by atoms with E-state index in [0.29, 0.717) is 12.0 Å². The van der Waals surface area contributed by atoms with E-state index in [9.17, 15) is 0 Å². The van der Waals surface area contributed by atoms with Gasteiger partial charge in [0.05, 0.1) is 5.56 Å². The van der Waals surface area contributed by atoms with E-state index in [0.717, 1.165) is 42.5 Å². The fraction of sp³-hybridized carbons (Fsp3) is 0.750. The van der Waals surface area contributed by atoms with Crippen LogP contribution in [0.15, 0.2) is 0 Å². The van der Waals surface area contributed by atoms with Crippen LogP contribution < -0.4 is 10.1 Å². The van der Waals surface area contributed by atoms with Gasteiger partial charge >= 0.3 is 0 Å². The third-order valence-electron chi connectivity index (χ3n) is 4.10. The highest BCUT2D eigenvalue weighted by Gasteiger charge is 2.24. The molecule has 0 aliphatic heterocycles. The molecule has 0 radical (unpaired) electrons. The summed E-state index contributed by atoms with van der Waals surface area (Å²) in [6.45, 7) is 9.34.